The normalized spacial score (nSPS) is 10.7. The van der Waals surface area contributed by atoms with Gasteiger partial charge in [0, 0.05) is 40.0 Å². The lowest BCUT2D eigenvalue weighted by Gasteiger charge is -2.15. The van der Waals surface area contributed by atoms with Gasteiger partial charge in [0.05, 0.1) is 47.0 Å². The average Bonchev–Trinajstić information content (AvgIpc) is 3.19. The van der Waals surface area contributed by atoms with Crippen molar-refractivity contribution >= 4 is 41.1 Å². The van der Waals surface area contributed by atoms with Crippen LogP contribution in [0.4, 0.5) is 5.69 Å². The summed E-state index contributed by atoms with van der Waals surface area (Å²) in [5.41, 5.74) is 11.9. The first kappa shape index (κ1) is 35.9. The van der Waals surface area contributed by atoms with Crippen LogP contribution in [0.25, 0.3) is 44.3 Å². The molecule has 0 fully saturated rings. The molecule has 0 saturated heterocycles. The van der Waals surface area contributed by atoms with E-state index in [1.165, 1.54) is 6.66 Å². The van der Waals surface area contributed by atoms with E-state index in [9.17, 15) is 14.5 Å². The highest BCUT2D eigenvalue weighted by Crippen LogP contribution is 2.44. The van der Waals surface area contributed by atoms with Gasteiger partial charge in [-0.05, 0) is 48.5 Å². The molecule has 0 radical (unpaired) electrons. The molecule has 4 aromatic carbocycles. The fraction of sp³-hybridized carbons (Fsp3) is 0.0238. The van der Waals surface area contributed by atoms with Crippen LogP contribution in [0.3, 0.4) is 0 Å². The molecular weight excluding hydrogens is 685 g/mol. The Bertz CT molecular complexity index is 2450. The molecule has 0 bridgehead atoms. The molecule has 0 unspecified atom stereocenters. The molecule has 3 N–H and O–H groups in total. The van der Waals surface area contributed by atoms with Gasteiger partial charge in [-0.2, -0.15) is 0 Å². The predicted octanol–water partition coefficient (Wildman–Crippen LogP) is 9.84. The van der Waals surface area contributed by atoms with Gasteiger partial charge in [0.25, 0.3) is 0 Å². The molecule has 53 heavy (non-hydrogen) atoms. The maximum Gasteiger partial charge on any atom is 0.427 e. The topological polar surface area (TPSA) is 150 Å². The lowest BCUT2D eigenvalue weighted by atomic mass is 10.1. The molecule has 0 aliphatic rings. The third-order valence-corrected chi connectivity index (χ3v) is 8.74. The molecule has 4 heterocycles. The van der Waals surface area contributed by atoms with E-state index < -0.39 is 13.6 Å². The molecule has 262 valence electrons. The van der Waals surface area contributed by atoms with Crippen molar-refractivity contribution in [3.8, 4) is 34.0 Å². The molecule has 0 amide bonds. The van der Waals surface area contributed by atoms with Crippen LogP contribution in [-0.2, 0) is 4.57 Å². The summed E-state index contributed by atoms with van der Waals surface area (Å²) in [4.78, 5) is 28.4. The SMILES string of the molecule is CP(=O)(Oc1ccccc1)Oc1ccccc1.Nc1cc(-c2ccccc2)nc2cnccc12.O=C(O)c1cc(-c2ccccc2)nc2cnccc12. The first-order valence-corrected chi connectivity index (χ1v) is 18.4. The van der Waals surface area contributed by atoms with Crippen LogP contribution in [0.5, 0.6) is 11.5 Å². The molecule has 0 saturated carbocycles. The van der Waals surface area contributed by atoms with Gasteiger partial charge in [-0.25, -0.2) is 19.3 Å². The number of carboxylic acid groups (broad SMARTS) is 1. The Morgan fingerprint density at radius 3 is 1.49 bits per heavy atom. The molecule has 8 rings (SSSR count). The number of aromatic nitrogens is 4. The van der Waals surface area contributed by atoms with Crippen LogP contribution in [0.1, 0.15) is 10.4 Å². The average molecular weight is 720 g/mol. The van der Waals surface area contributed by atoms with E-state index in [1.807, 2.05) is 109 Å². The minimum Gasteiger partial charge on any atom is -0.478 e. The Morgan fingerprint density at radius 2 is 1.02 bits per heavy atom. The summed E-state index contributed by atoms with van der Waals surface area (Å²) in [7, 11) is -3.14. The van der Waals surface area contributed by atoms with Gasteiger partial charge in [0.15, 0.2) is 0 Å². The zero-order chi connectivity index (χ0) is 37.0. The van der Waals surface area contributed by atoms with Crippen LogP contribution in [0.15, 0.2) is 170 Å². The first-order valence-electron chi connectivity index (χ1n) is 16.4. The quantitative estimate of drug-likeness (QED) is 0.152. The van der Waals surface area contributed by atoms with E-state index in [0.717, 1.165) is 33.4 Å². The smallest absolute Gasteiger partial charge is 0.427 e. The van der Waals surface area contributed by atoms with Gasteiger partial charge in [-0.1, -0.05) is 97.1 Å². The van der Waals surface area contributed by atoms with Gasteiger partial charge in [-0.3, -0.25) is 9.97 Å². The highest BCUT2D eigenvalue weighted by atomic mass is 31.2. The zero-order valence-electron chi connectivity index (χ0n) is 28.6. The number of nitrogen functional groups attached to an aromatic ring is 1. The third kappa shape index (κ3) is 9.67. The molecule has 0 atom stereocenters. The molecule has 8 aromatic rings. The number of carbonyl (C=O) groups is 1. The fourth-order valence-electron chi connectivity index (χ4n) is 5.24. The number of hydrogen-bond acceptors (Lipinski definition) is 9. The molecule has 0 aliphatic carbocycles. The largest absolute Gasteiger partial charge is 0.478 e. The zero-order valence-corrected chi connectivity index (χ0v) is 29.5. The molecule has 10 nitrogen and oxygen atoms in total. The van der Waals surface area contributed by atoms with E-state index in [-0.39, 0.29) is 5.56 Å². The van der Waals surface area contributed by atoms with Crippen molar-refractivity contribution in [2.24, 2.45) is 0 Å². The van der Waals surface area contributed by atoms with Crippen LogP contribution in [-0.4, -0.2) is 37.7 Å². The Labute approximate surface area is 306 Å². The van der Waals surface area contributed by atoms with Crippen molar-refractivity contribution in [3.05, 3.63) is 176 Å². The lowest BCUT2D eigenvalue weighted by molar-refractivity contribution is 0.0699. The Balaban J connectivity index is 0.000000136. The van der Waals surface area contributed by atoms with Crippen molar-refractivity contribution in [1.29, 1.82) is 0 Å². The number of benzene rings is 4. The van der Waals surface area contributed by atoms with E-state index in [1.54, 1.807) is 61.2 Å². The lowest BCUT2D eigenvalue weighted by Crippen LogP contribution is -2.00. The van der Waals surface area contributed by atoms with Crippen molar-refractivity contribution in [1.82, 2.24) is 19.9 Å². The molecule has 0 spiro atoms. The second-order valence-electron chi connectivity index (χ2n) is 11.6. The van der Waals surface area contributed by atoms with Crippen molar-refractivity contribution in [2.45, 2.75) is 0 Å². The monoisotopic (exact) mass is 719 g/mol. The van der Waals surface area contributed by atoms with Crippen LogP contribution < -0.4 is 14.8 Å². The number of nitrogens with two attached hydrogens (primary N) is 1. The van der Waals surface area contributed by atoms with E-state index in [4.69, 9.17) is 14.8 Å². The summed E-state index contributed by atoms with van der Waals surface area (Å²) in [6, 6.07) is 44.5. The van der Waals surface area contributed by atoms with Crippen molar-refractivity contribution in [2.75, 3.05) is 12.4 Å². The summed E-state index contributed by atoms with van der Waals surface area (Å²) < 4.78 is 22.8. The molecular formula is C42H34N5O5P. The number of pyridine rings is 4. The van der Waals surface area contributed by atoms with E-state index >= 15 is 0 Å². The van der Waals surface area contributed by atoms with Crippen molar-refractivity contribution in [3.63, 3.8) is 0 Å². The minimum absolute atomic E-state index is 0.242. The maximum absolute atomic E-state index is 12.1. The van der Waals surface area contributed by atoms with E-state index in [2.05, 4.69) is 19.9 Å². The fourth-order valence-corrected chi connectivity index (χ4v) is 6.29. The highest BCUT2D eigenvalue weighted by Gasteiger charge is 2.20. The minimum atomic E-state index is -3.14. The van der Waals surface area contributed by atoms with Gasteiger partial charge in [-0.15, -0.1) is 0 Å². The summed E-state index contributed by atoms with van der Waals surface area (Å²) >= 11 is 0. The number of fused-ring (bicyclic) bond motifs is 2. The molecule has 11 heteroatoms. The van der Waals surface area contributed by atoms with Crippen LogP contribution >= 0.6 is 7.60 Å². The van der Waals surface area contributed by atoms with Crippen LogP contribution in [0.2, 0.25) is 0 Å². The number of rotatable bonds is 7. The number of para-hydroxylation sites is 2. The number of hydrogen-bond donors (Lipinski definition) is 2. The number of anilines is 1. The standard InChI is InChI=1S/C15H10N2O2.C14H11N3.C13H13O3P/c18-15(19)12-8-13(10-4-2-1-3-5-10)17-14-9-16-7-6-11(12)14;15-12-8-13(10-4-2-1-3-5-10)17-14-9-16-7-6-11(12)14;1-17(14,15-12-8-4-2-5-9-12)16-13-10-6-3-7-11-13/h1-9H,(H,18,19);1-9H,(H2,15,17);2-11H,1H3. The third-order valence-electron chi connectivity index (χ3n) is 7.65. The second kappa shape index (κ2) is 16.9. The van der Waals surface area contributed by atoms with Gasteiger partial charge < -0.3 is 19.9 Å². The summed E-state index contributed by atoms with van der Waals surface area (Å²) in [5.74, 6) is 0.110. The summed E-state index contributed by atoms with van der Waals surface area (Å²) in [6.45, 7) is 1.45. The van der Waals surface area contributed by atoms with E-state index in [0.29, 0.717) is 28.1 Å². The maximum atomic E-state index is 12.1. The molecule has 0 aliphatic heterocycles. The highest BCUT2D eigenvalue weighted by molar-refractivity contribution is 7.53. The Kier molecular flexibility index (Phi) is 11.4. The first-order chi connectivity index (χ1) is 25.8. The van der Waals surface area contributed by atoms with Crippen molar-refractivity contribution < 1.29 is 23.5 Å². The second-order valence-corrected chi connectivity index (χ2v) is 13.5. The van der Waals surface area contributed by atoms with Gasteiger partial charge in [0.1, 0.15) is 11.5 Å². The summed E-state index contributed by atoms with van der Waals surface area (Å²) in [5, 5.41) is 10.8. The number of aromatic carboxylic acids is 1. The number of nitrogens with zero attached hydrogens (tertiary/aromatic N) is 4. The summed E-state index contributed by atoms with van der Waals surface area (Å²) in [6.07, 6.45) is 6.60. The van der Waals surface area contributed by atoms with Gasteiger partial charge in [0.2, 0.25) is 0 Å². The van der Waals surface area contributed by atoms with Gasteiger partial charge >= 0.3 is 13.6 Å². The number of carboxylic acids is 1. The predicted molar refractivity (Wildman–Crippen MR) is 209 cm³/mol. The molecule has 4 aromatic heterocycles. The Morgan fingerprint density at radius 1 is 0.604 bits per heavy atom. The van der Waals surface area contributed by atoms with Crippen LogP contribution in [0, 0.1) is 0 Å². The Hall–Kier alpha value is -6.90.